The molecule has 0 unspecified atom stereocenters. The maximum absolute atomic E-state index is 11.3. The summed E-state index contributed by atoms with van der Waals surface area (Å²) in [6.45, 7) is 7.08. The molecule has 1 amide bonds. The molecule has 0 fully saturated rings. The van der Waals surface area contributed by atoms with Crippen molar-refractivity contribution in [1.29, 1.82) is 0 Å². The van der Waals surface area contributed by atoms with Crippen LogP contribution in [-0.2, 0) is 14.3 Å². The van der Waals surface area contributed by atoms with Crippen molar-refractivity contribution in [3.63, 3.8) is 0 Å². The highest BCUT2D eigenvalue weighted by atomic mass is 16.5. The second-order valence-electron chi connectivity index (χ2n) is 3.83. The van der Waals surface area contributed by atoms with E-state index in [0.717, 1.165) is 6.42 Å². The Labute approximate surface area is 86.0 Å². The molecule has 0 saturated carbocycles. The van der Waals surface area contributed by atoms with E-state index < -0.39 is 0 Å². The van der Waals surface area contributed by atoms with E-state index in [-0.39, 0.29) is 18.1 Å². The summed E-state index contributed by atoms with van der Waals surface area (Å²) in [6.07, 6.45) is 0.900. The van der Waals surface area contributed by atoms with Gasteiger partial charge in [0.2, 0.25) is 5.91 Å². The molecular weight excluding hydrogens is 182 g/mol. The Morgan fingerprint density at radius 3 is 2.50 bits per heavy atom. The molecule has 0 aliphatic rings. The number of methoxy groups -OCH3 is 1. The van der Waals surface area contributed by atoms with Crippen LogP contribution in [0.15, 0.2) is 0 Å². The Bertz CT molecular complexity index is 169. The monoisotopic (exact) mass is 203 g/mol. The molecule has 0 aliphatic heterocycles. The largest absolute Gasteiger partial charge is 0.382 e. The van der Waals surface area contributed by atoms with Crippen molar-refractivity contribution in [1.82, 2.24) is 5.32 Å². The zero-order valence-electron chi connectivity index (χ0n) is 9.55. The van der Waals surface area contributed by atoms with Crippen LogP contribution in [0.25, 0.3) is 0 Å². The van der Waals surface area contributed by atoms with E-state index in [0.29, 0.717) is 13.2 Å². The third-order valence-electron chi connectivity index (χ3n) is 2.03. The summed E-state index contributed by atoms with van der Waals surface area (Å²) in [7, 11) is 1.60. The molecule has 0 aromatic rings. The Morgan fingerprint density at radius 1 is 1.36 bits per heavy atom. The summed E-state index contributed by atoms with van der Waals surface area (Å²) in [6, 6.07) is 0. The molecule has 84 valence electrons. The summed E-state index contributed by atoms with van der Waals surface area (Å²) < 4.78 is 9.88. The van der Waals surface area contributed by atoms with Crippen LogP contribution >= 0.6 is 0 Å². The van der Waals surface area contributed by atoms with Crippen molar-refractivity contribution >= 4 is 5.91 Å². The fourth-order valence-corrected chi connectivity index (χ4v) is 0.809. The van der Waals surface area contributed by atoms with Crippen LogP contribution in [0.4, 0.5) is 0 Å². The van der Waals surface area contributed by atoms with Crippen molar-refractivity contribution in [2.45, 2.75) is 32.7 Å². The molecule has 14 heavy (non-hydrogen) atoms. The number of hydrogen-bond acceptors (Lipinski definition) is 3. The molecule has 0 bridgehead atoms. The van der Waals surface area contributed by atoms with E-state index in [1.165, 1.54) is 0 Å². The third-order valence-corrected chi connectivity index (χ3v) is 2.03. The lowest BCUT2D eigenvalue weighted by atomic mass is 10.0. The van der Waals surface area contributed by atoms with Crippen molar-refractivity contribution < 1.29 is 14.3 Å². The van der Waals surface area contributed by atoms with Crippen molar-refractivity contribution in [3.8, 4) is 0 Å². The zero-order chi connectivity index (χ0) is 11.0. The SMILES string of the molecule is CCC(C)(C)NC(=O)COCCOC. The van der Waals surface area contributed by atoms with Gasteiger partial charge >= 0.3 is 0 Å². The summed E-state index contributed by atoms with van der Waals surface area (Å²) in [4.78, 5) is 11.3. The average Bonchev–Trinajstić information content (AvgIpc) is 2.12. The molecule has 0 aromatic carbocycles. The standard InChI is InChI=1S/C10H21NO3/c1-5-10(2,3)11-9(12)8-14-7-6-13-4/h5-8H2,1-4H3,(H,11,12). The van der Waals surface area contributed by atoms with Crippen molar-refractivity contribution in [3.05, 3.63) is 0 Å². The molecular formula is C10H21NO3. The van der Waals surface area contributed by atoms with Gasteiger partial charge in [0, 0.05) is 12.6 Å². The molecule has 0 atom stereocenters. The number of nitrogens with one attached hydrogen (secondary N) is 1. The van der Waals surface area contributed by atoms with Gasteiger partial charge in [-0.2, -0.15) is 0 Å². The van der Waals surface area contributed by atoms with E-state index in [9.17, 15) is 4.79 Å². The van der Waals surface area contributed by atoms with Crippen LogP contribution in [0, 0.1) is 0 Å². The lowest BCUT2D eigenvalue weighted by Gasteiger charge is -2.24. The average molecular weight is 203 g/mol. The summed E-state index contributed by atoms with van der Waals surface area (Å²) >= 11 is 0. The van der Waals surface area contributed by atoms with E-state index in [1.54, 1.807) is 7.11 Å². The molecule has 0 aliphatic carbocycles. The Hall–Kier alpha value is -0.610. The molecule has 0 rings (SSSR count). The van der Waals surface area contributed by atoms with Gasteiger partial charge in [-0.25, -0.2) is 0 Å². The number of rotatable bonds is 7. The highest BCUT2D eigenvalue weighted by Crippen LogP contribution is 2.05. The number of carbonyl (C=O) groups excluding carboxylic acids is 1. The van der Waals surface area contributed by atoms with Crippen LogP contribution in [0.5, 0.6) is 0 Å². The van der Waals surface area contributed by atoms with Crippen LogP contribution in [0.1, 0.15) is 27.2 Å². The molecule has 0 heterocycles. The van der Waals surface area contributed by atoms with Gasteiger partial charge in [0.05, 0.1) is 13.2 Å². The van der Waals surface area contributed by atoms with Gasteiger partial charge in [-0.1, -0.05) is 6.92 Å². The van der Waals surface area contributed by atoms with Gasteiger partial charge in [-0.3, -0.25) is 4.79 Å². The van der Waals surface area contributed by atoms with E-state index in [1.807, 2.05) is 20.8 Å². The molecule has 0 radical (unpaired) electrons. The van der Waals surface area contributed by atoms with Crippen LogP contribution in [-0.4, -0.2) is 38.4 Å². The van der Waals surface area contributed by atoms with E-state index in [2.05, 4.69) is 5.32 Å². The number of amides is 1. The van der Waals surface area contributed by atoms with Gasteiger partial charge < -0.3 is 14.8 Å². The quantitative estimate of drug-likeness (QED) is 0.627. The second kappa shape index (κ2) is 6.79. The van der Waals surface area contributed by atoms with Crippen molar-refractivity contribution in [2.24, 2.45) is 0 Å². The third kappa shape index (κ3) is 6.86. The highest BCUT2D eigenvalue weighted by molar-refractivity contribution is 5.77. The maximum atomic E-state index is 11.3. The first-order chi connectivity index (χ1) is 6.52. The predicted octanol–water partition coefficient (Wildman–Crippen LogP) is 0.954. The first-order valence-electron chi connectivity index (χ1n) is 4.89. The molecule has 0 saturated heterocycles. The topological polar surface area (TPSA) is 47.6 Å². The zero-order valence-corrected chi connectivity index (χ0v) is 9.55. The Morgan fingerprint density at radius 2 is 2.00 bits per heavy atom. The van der Waals surface area contributed by atoms with Gasteiger partial charge in [0.1, 0.15) is 6.61 Å². The first-order valence-corrected chi connectivity index (χ1v) is 4.89. The second-order valence-corrected chi connectivity index (χ2v) is 3.83. The summed E-state index contributed by atoms with van der Waals surface area (Å²) in [5, 5.41) is 2.88. The van der Waals surface area contributed by atoms with Crippen molar-refractivity contribution in [2.75, 3.05) is 26.9 Å². The number of carbonyl (C=O) groups is 1. The molecule has 4 heteroatoms. The normalized spacial score (nSPS) is 11.4. The van der Waals surface area contributed by atoms with Crippen LogP contribution in [0.3, 0.4) is 0 Å². The number of hydrogen-bond donors (Lipinski definition) is 1. The molecule has 1 N–H and O–H groups in total. The minimum Gasteiger partial charge on any atom is -0.382 e. The highest BCUT2D eigenvalue weighted by Gasteiger charge is 2.17. The minimum atomic E-state index is -0.151. The summed E-state index contributed by atoms with van der Waals surface area (Å²) in [5.74, 6) is -0.0760. The van der Waals surface area contributed by atoms with E-state index >= 15 is 0 Å². The Kier molecular flexibility index (Phi) is 6.49. The lowest BCUT2D eigenvalue weighted by Crippen LogP contribution is -2.44. The Balaban J connectivity index is 3.55. The predicted molar refractivity (Wildman–Crippen MR) is 55.2 cm³/mol. The minimum absolute atomic E-state index is 0.0760. The van der Waals surface area contributed by atoms with Gasteiger partial charge in [-0.05, 0) is 20.3 Å². The summed E-state index contributed by atoms with van der Waals surface area (Å²) in [5.41, 5.74) is -0.151. The van der Waals surface area contributed by atoms with Crippen LogP contribution in [0.2, 0.25) is 0 Å². The van der Waals surface area contributed by atoms with E-state index in [4.69, 9.17) is 9.47 Å². The molecule has 4 nitrogen and oxygen atoms in total. The first kappa shape index (κ1) is 13.4. The maximum Gasteiger partial charge on any atom is 0.246 e. The number of ether oxygens (including phenoxy) is 2. The van der Waals surface area contributed by atoms with Crippen LogP contribution < -0.4 is 5.32 Å². The van der Waals surface area contributed by atoms with Gasteiger partial charge in [0.25, 0.3) is 0 Å². The fourth-order valence-electron chi connectivity index (χ4n) is 0.809. The lowest BCUT2D eigenvalue weighted by molar-refractivity contribution is -0.127. The smallest absolute Gasteiger partial charge is 0.246 e. The fraction of sp³-hybridized carbons (Fsp3) is 0.900. The van der Waals surface area contributed by atoms with Gasteiger partial charge in [-0.15, -0.1) is 0 Å². The molecule has 0 spiro atoms. The molecule has 0 aromatic heterocycles. The van der Waals surface area contributed by atoms with Gasteiger partial charge in [0.15, 0.2) is 0 Å².